The molecule has 1 saturated carbocycles. The van der Waals surface area contributed by atoms with Crippen LogP contribution in [-0.2, 0) is 0 Å². The molecule has 0 aliphatic heterocycles. The Labute approximate surface area is 188 Å². The largest absolute Gasteiger partial charge is 0.403 e. The quantitative estimate of drug-likeness (QED) is 0.316. The van der Waals surface area contributed by atoms with Gasteiger partial charge in [0.15, 0.2) is 0 Å². The second kappa shape index (κ2) is 9.07. The number of thiazole rings is 1. The maximum absolute atomic E-state index is 14.4. The van der Waals surface area contributed by atoms with Crippen molar-refractivity contribution >= 4 is 44.8 Å². The van der Waals surface area contributed by atoms with Gasteiger partial charge >= 0.3 is 6.01 Å². The molecule has 3 aromatic heterocycles. The molecule has 5 rings (SSSR count). The van der Waals surface area contributed by atoms with Crippen LogP contribution >= 0.6 is 11.3 Å². The van der Waals surface area contributed by atoms with Gasteiger partial charge in [-0.3, -0.25) is 0 Å². The van der Waals surface area contributed by atoms with Gasteiger partial charge in [0.05, 0.1) is 33.0 Å². The van der Waals surface area contributed by atoms with Gasteiger partial charge in [-0.05, 0) is 43.9 Å². The molecule has 0 radical (unpaired) electrons. The van der Waals surface area contributed by atoms with Gasteiger partial charge in [-0.2, -0.15) is 0 Å². The lowest BCUT2D eigenvalue weighted by molar-refractivity contribution is 0.323. The molecule has 0 saturated heterocycles. The first-order chi connectivity index (χ1) is 15.7. The Bertz CT molecular complexity index is 1210. The number of nitrogens with one attached hydrogen (secondary N) is 3. The van der Waals surface area contributed by atoms with E-state index >= 15 is 0 Å². The number of nitrogens with zero attached hydrogens (tertiary/aromatic N) is 4. The molecule has 166 valence electrons. The van der Waals surface area contributed by atoms with Crippen molar-refractivity contribution in [2.75, 3.05) is 22.5 Å². The first-order valence-corrected chi connectivity index (χ1v) is 11.7. The average Bonchev–Trinajstić information content (AvgIpc) is 3.54. The molecule has 2 unspecified atom stereocenters. The van der Waals surface area contributed by atoms with Crippen LogP contribution in [-0.4, -0.2) is 38.9 Å². The summed E-state index contributed by atoms with van der Waals surface area (Å²) in [4.78, 5) is 8.85. The molecule has 1 aliphatic carbocycles. The molecule has 32 heavy (non-hydrogen) atoms. The molecular formula is C22H24FN7OS. The second-order valence-electron chi connectivity index (χ2n) is 7.81. The minimum atomic E-state index is -0.884. The Balaban J connectivity index is 1.44. The number of rotatable bonds is 8. The highest BCUT2D eigenvalue weighted by Gasteiger charge is 2.28. The Morgan fingerprint density at radius 2 is 2.12 bits per heavy atom. The van der Waals surface area contributed by atoms with Gasteiger partial charge in [0, 0.05) is 24.5 Å². The van der Waals surface area contributed by atoms with E-state index in [0.29, 0.717) is 35.4 Å². The molecule has 1 aliphatic rings. The van der Waals surface area contributed by atoms with Crippen LogP contribution in [0.2, 0.25) is 0 Å². The van der Waals surface area contributed by atoms with Crippen LogP contribution in [0, 0.1) is 0 Å². The standard InChI is InChI=1S/C22H24FN7OS/c1-2-8-24-22-30-29-21(31-22)14-11-25-20(10-18(14)28-16-5-3-4-15(16)23)27-13-6-7-17-19(9-13)32-12-26-17/h6-7,9-12,15-16H,2-5,8H2,1H3,(H,24,30)(H2,25,27,28). The molecule has 0 amide bonds. The number of hydrogen-bond donors (Lipinski definition) is 3. The van der Waals surface area contributed by atoms with E-state index in [-0.39, 0.29) is 6.04 Å². The van der Waals surface area contributed by atoms with Gasteiger partial charge in [-0.15, -0.1) is 16.4 Å². The van der Waals surface area contributed by atoms with Crippen molar-refractivity contribution in [3.8, 4) is 11.5 Å². The van der Waals surface area contributed by atoms with E-state index in [0.717, 1.165) is 41.7 Å². The summed E-state index contributed by atoms with van der Waals surface area (Å²) in [5.41, 5.74) is 5.05. The summed E-state index contributed by atoms with van der Waals surface area (Å²) in [7, 11) is 0. The van der Waals surface area contributed by atoms with E-state index < -0.39 is 6.17 Å². The smallest absolute Gasteiger partial charge is 0.315 e. The normalized spacial score (nSPS) is 18.2. The SMILES string of the molecule is CCCNc1nnc(-c2cnc(Nc3ccc4ncsc4c3)cc2NC2CCCC2F)o1. The fourth-order valence-electron chi connectivity index (χ4n) is 3.81. The summed E-state index contributed by atoms with van der Waals surface area (Å²) in [6.07, 6.45) is 3.95. The fraction of sp³-hybridized carbons (Fsp3) is 0.364. The maximum atomic E-state index is 14.4. The van der Waals surface area contributed by atoms with Crippen molar-refractivity contribution in [2.45, 2.75) is 44.8 Å². The van der Waals surface area contributed by atoms with Crippen LogP contribution in [0.5, 0.6) is 0 Å². The molecule has 8 nitrogen and oxygen atoms in total. The Hall–Kier alpha value is -3.27. The minimum Gasteiger partial charge on any atom is -0.403 e. The summed E-state index contributed by atoms with van der Waals surface area (Å²) in [6, 6.07) is 7.93. The lowest BCUT2D eigenvalue weighted by Crippen LogP contribution is -2.25. The van der Waals surface area contributed by atoms with E-state index in [1.54, 1.807) is 17.5 Å². The molecule has 1 fully saturated rings. The Kier molecular flexibility index (Phi) is 5.85. The zero-order chi connectivity index (χ0) is 21.9. The number of alkyl halides is 1. The molecule has 10 heteroatoms. The van der Waals surface area contributed by atoms with Crippen LogP contribution in [0.25, 0.3) is 21.7 Å². The van der Waals surface area contributed by atoms with E-state index in [4.69, 9.17) is 4.42 Å². The minimum absolute atomic E-state index is 0.252. The van der Waals surface area contributed by atoms with Crippen LogP contribution < -0.4 is 16.0 Å². The van der Waals surface area contributed by atoms with Gasteiger partial charge < -0.3 is 20.4 Å². The highest BCUT2D eigenvalue weighted by Crippen LogP contribution is 2.34. The van der Waals surface area contributed by atoms with Crippen molar-refractivity contribution in [2.24, 2.45) is 0 Å². The number of anilines is 4. The number of benzene rings is 1. The zero-order valence-electron chi connectivity index (χ0n) is 17.6. The van der Waals surface area contributed by atoms with Gasteiger partial charge in [-0.25, -0.2) is 14.4 Å². The van der Waals surface area contributed by atoms with Crippen LogP contribution in [0.1, 0.15) is 32.6 Å². The second-order valence-corrected chi connectivity index (χ2v) is 8.70. The molecule has 0 spiro atoms. The lowest BCUT2D eigenvalue weighted by atomic mass is 10.1. The maximum Gasteiger partial charge on any atom is 0.315 e. The average molecular weight is 454 g/mol. The van der Waals surface area contributed by atoms with E-state index in [2.05, 4.69) is 43.0 Å². The lowest BCUT2D eigenvalue weighted by Gasteiger charge is -2.19. The Morgan fingerprint density at radius 1 is 1.19 bits per heavy atom. The molecule has 1 aromatic carbocycles. The first kappa shape index (κ1) is 20.6. The van der Waals surface area contributed by atoms with Gasteiger partial charge in [-0.1, -0.05) is 12.0 Å². The third kappa shape index (κ3) is 4.36. The van der Waals surface area contributed by atoms with E-state index in [1.165, 1.54) is 0 Å². The number of hydrogen-bond acceptors (Lipinski definition) is 9. The molecule has 2 atom stereocenters. The zero-order valence-corrected chi connectivity index (χ0v) is 18.5. The summed E-state index contributed by atoms with van der Waals surface area (Å²) in [5.74, 6) is 0.974. The van der Waals surface area contributed by atoms with Crippen LogP contribution in [0.15, 0.2) is 40.4 Å². The van der Waals surface area contributed by atoms with Crippen LogP contribution in [0.3, 0.4) is 0 Å². The molecule has 3 N–H and O–H groups in total. The molecule has 0 bridgehead atoms. The van der Waals surface area contributed by atoms with Crippen molar-refractivity contribution in [3.63, 3.8) is 0 Å². The highest BCUT2D eigenvalue weighted by molar-refractivity contribution is 7.16. The number of halogens is 1. The molecular weight excluding hydrogens is 429 g/mol. The third-order valence-electron chi connectivity index (χ3n) is 5.46. The molecule has 4 aromatic rings. The van der Waals surface area contributed by atoms with Gasteiger partial charge in [0.1, 0.15) is 12.0 Å². The van der Waals surface area contributed by atoms with Crippen molar-refractivity contribution < 1.29 is 8.81 Å². The summed E-state index contributed by atoms with van der Waals surface area (Å²) >= 11 is 1.59. The predicted molar refractivity (Wildman–Crippen MR) is 125 cm³/mol. The van der Waals surface area contributed by atoms with Crippen LogP contribution in [0.4, 0.5) is 27.6 Å². The third-order valence-corrected chi connectivity index (χ3v) is 6.25. The summed E-state index contributed by atoms with van der Waals surface area (Å²) in [5, 5.41) is 18.0. The summed E-state index contributed by atoms with van der Waals surface area (Å²) < 4.78 is 21.2. The monoisotopic (exact) mass is 453 g/mol. The van der Waals surface area contributed by atoms with Crippen molar-refractivity contribution in [1.82, 2.24) is 20.2 Å². The highest BCUT2D eigenvalue weighted by atomic mass is 32.1. The molecule has 3 heterocycles. The predicted octanol–water partition coefficient (Wildman–Crippen LogP) is 5.61. The number of fused-ring (bicyclic) bond motifs is 1. The van der Waals surface area contributed by atoms with Crippen molar-refractivity contribution in [3.05, 3.63) is 36.0 Å². The number of aromatic nitrogens is 4. The van der Waals surface area contributed by atoms with E-state index in [1.807, 2.05) is 29.8 Å². The topological polar surface area (TPSA) is 101 Å². The first-order valence-electron chi connectivity index (χ1n) is 10.8. The van der Waals surface area contributed by atoms with E-state index in [9.17, 15) is 4.39 Å². The van der Waals surface area contributed by atoms with Gasteiger partial charge in [0.2, 0.25) is 0 Å². The summed E-state index contributed by atoms with van der Waals surface area (Å²) in [6.45, 7) is 2.80. The Morgan fingerprint density at radius 3 is 2.97 bits per heavy atom. The van der Waals surface area contributed by atoms with Gasteiger partial charge in [0.25, 0.3) is 5.89 Å². The fourth-order valence-corrected chi connectivity index (χ4v) is 4.52. The number of pyridine rings is 1. The van der Waals surface area contributed by atoms with Crippen molar-refractivity contribution in [1.29, 1.82) is 0 Å².